The summed E-state index contributed by atoms with van der Waals surface area (Å²) in [6, 6.07) is 11.8. The second-order valence-electron chi connectivity index (χ2n) is 7.20. The first kappa shape index (κ1) is 19.5. The van der Waals surface area contributed by atoms with Gasteiger partial charge < -0.3 is 15.2 Å². The van der Waals surface area contributed by atoms with Crippen molar-refractivity contribution in [2.45, 2.75) is 0 Å². The molecule has 0 saturated carbocycles. The smallest absolute Gasteiger partial charge is 0.271 e. The highest BCUT2D eigenvalue weighted by molar-refractivity contribution is 6.07. The van der Waals surface area contributed by atoms with Gasteiger partial charge in [0.2, 0.25) is 0 Å². The van der Waals surface area contributed by atoms with Crippen LogP contribution in [-0.2, 0) is 0 Å². The Balaban J connectivity index is 1.77. The number of hydrogen-bond acceptors (Lipinski definition) is 6. The molecule has 1 amide bonds. The number of pyridine rings is 1. The van der Waals surface area contributed by atoms with E-state index in [2.05, 4.69) is 20.3 Å². The number of aromatic amines is 1. The molecule has 9 nitrogen and oxygen atoms in total. The zero-order valence-corrected chi connectivity index (χ0v) is 16.5. The molecule has 0 radical (unpaired) electrons. The summed E-state index contributed by atoms with van der Waals surface area (Å²) in [5.74, 6) is 0.313. The molecule has 2 N–H and O–H groups in total. The third kappa shape index (κ3) is 3.83. The number of fused-ring (bicyclic) bond motifs is 2. The van der Waals surface area contributed by atoms with Crippen LogP contribution in [0.4, 0.5) is 5.69 Å². The van der Waals surface area contributed by atoms with Gasteiger partial charge in [-0.05, 0) is 38.4 Å². The van der Waals surface area contributed by atoms with Crippen molar-refractivity contribution in [2.75, 3.05) is 27.2 Å². The first-order valence-electron chi connectivity index (χ1n) is 9.38. The van der Waals surface area contributed by atoms with Crippen LogP contribution in [-0.4, -0.2) is 57.9 Å². The summed E-state index contributed by atoms with van der Waals surface area (Å²) in [6.45, 7) is 1.23. The highest BCUT2D eigenvalue weighted by Gasteiger charge is 2.16. The number of imidazole rings is 1. The van der Waals surface area contributed by atoms with E-state index in [1.807, 2.05) is 37.2 Å². The zero-order valence-electron chi connectivity index (χ0n) is 16.5. The lowest BCUT2D eigenvalue weighted by Gasteiger charge is -2.12. The van der Waals surface area contributed by atoms with Crippen LogP contribution in [0.1, 0.15) is 10.4 Å². The van der Waals surface area contributed by atoms with Crippen LogP contribution in [0.5, 0.6) is 0 Å². The minimum atomic E-state index is -0.447. The van der Waals surface area contributed by atoms with Crippen molar-refractivity contribution in [1.82, 2.24) is 25.2 Å². The molecule has 0 atom stereocenters. The molecule has 30 heavy (non-hydrogen) atoms. The largest absolute Gasteiger partial charge is 0.351 e. The van der Waals surface area contributed by atoms with Crippen LogP contribution in [0.2, 0.25) is 0 Å². The molecule has 0 aliphatic carbocycles. The topological polar surface area (TPSA) is 117 Å². The molecule has 4 aromatic rings. The third-order valence-corrected chi connectivity index (χ3v) is 4.74. The minimum Gasteiger partial charge on any atom is -0.351 e. The van der Waals surface area contributed by atoms with Crippen LogP contribution >= 0.6 is 0 Å². The molecule has 2 aromatic carbocycles. The zero-order chi connectivity index (χ0) is 21.3. The average molecular weight is 404 g/mol. The number of likely N-dealkylation sites (N-methyl/N-ethyl adjacent to an activating group) is 1. The molecule has 2 aromatic heterocycles. The van der Waals surface area contributed by atoms with Crippen molar-refractivity contribution >= 4 is 33.5 Å². The van der Waals surface area contributed by atoms with Gasteiger partial charge in [0.05, 0.1) is 27.0 Å². The van der Waals surface area contributed by atoms with E-state index >= 15 is 0 Å². The van der Waals surface area contributed by atoms with E-state index in [0.29, 0.717) is 40.0 Å². The lowest BCUT2D eigenvalue weighted by Crippen LogP contribution is -2.31. The maximum atomic E-state index is 12.8. The molecule has 0 saturated heterocycles. The summed E-state index contributed by atoms with van der Waals surface area (Å²) >= 11 is 0. The predicted octanol–water partition coefficient (Wildman–Crippen LogP) is 2.98. The van der Waals surface area contributed by atoms with E-state index in [9.17, 15) is 14.9 Å². The summed E-state index contributed by atoms with van der Waals surface area (Å²) in [5, 5.41) is 14.8. The fourth-order valence-corrected chi connectivity index (χ4v) is 3.24. The van der Waals surface area contributed by atoms with Gasteiger partial charge in [0.15, 0.2) is 0 Å². The van der Waals surface area contributed by atoms with Crippen LogP contribution in [0.25, 0.3) is 33.3 Å². The number of hydrogen-bond donors (Lipinski definition) is 2. The van der Waals surface area contributed by atoms with Crippen LogP contribution in [0.15, 0.2) is 48.7 Å². The Morgan fingerprint density at radius 3 is 2.83 bits per heavy atom. The van der Waals surface area contributed by atoms with Crippen LogP contribution in [0, 0.1) is 10.1 Å². The Morgan fingerprint density at radius 1 is 1.23 bits per heavy atom. The minimum absolute atomic E-state index is 0.0126. The van der Waals surface area contributed by atoms with Crippen molar-refractivity contribution in [3.05, 3.63) is 64.3 Å². The number of carbonyl (C=O) groups is 1. The molecule has 2 heterocycles. The normalized spacial score (nSPS) is 11.3. The van der Waals surface area contributed by atoms with Gasteiger partial charge in [-0.3, -0.25) is 19.9 Å². The lowest BCUT2D eigenvalue weighted by molar-refractivity contribution is -0.384. The quantitative estimate of drug-likeness (QED) is 0.377. The van der Waals surface area contributed by atoms with Gasteiger partial charge in [0.25, 0.3) is 11.6 Å². The summed E-state index contributed by atoms with van der Waals surface area (Å²) in [4.78, 5) is 37.5. The number of nitro benzene ring substituents is 1. The lowest BCUT2D eigenvalue weighted by atomic mass is 10.0. The number of nitrogens with zero attached hydrogens (tertiary/aromatic N) is 4. The third-order valence-electron chi connectivity index (χ3n) is 4.74. The van der Waals surface area contributed by atoms with Crippen LogP contribution < -0.4 is 5.32 Å². The van der Waals surface area contributed by atoms with E-state index in [-0.39, 0.29) is 11.6 Å². The number of H-pyrrole nitrogens is 1. The average Bonchev–Trinajstić information content (AvgIpc) is 3.16. The fraction of sp³-hybridized carbons (Fsp3) is 0.190. The monoisotopic (exact) mass is 404 g/mol. The maximum absolute atomic E-state index is 12.8. The van der Waals surface area contributed by atoms with Crippen molar-refractivity contribution < 1.29 is 9.72 Å². The molecule has 0 bridgehead atoms. The van der Waals surface area contributed by atoms with Gasteiger partial charge in [-0.15, -0.1) is 0 Å². The van der Waals surface area contributed by atoms with Crippen molar-refractivity contribution in [1.29, 1.82) is 0 Å². The van der Waals surface area contributed by atoms with E-state index in [0.717, 1.165) is 11.9 Å². The summed E-state index contributed by atoms with van der Waals surface area (Å²) in [6.07, 6.45) is 1.65. The van der Waals surface area contributed by atoms with Gasteiger partial charge >= 0.3 is 0 Å². The van der Waals surface area contributed by atoms with Crippen molar-refractivity contribution in [2.24, 2.45) is 0 Å². The van der Waals surface area contributed by atoms with Crippen molar-refractivity contribution in [3.63, 3.8) is 0 Å². The van der Waals surface area contributed by atoms with Gasteiger partial charge in [-0.25, -0.2) is 4.98 Å². The fourth-order valence-electron chi connectivity index (χ4n) is 3.24. The number of rotatable bonds is 6. The van der Waals surface area contributed by atoms with E-state index in [4.69, 9.17) is 0 Å². The molecular formula is C21H20N6O3. The summed E-state index contributed by atoms with van der Waals surface area (Å²) in [5.41, 5.74) is 2.92. The number of nitro groups is 1. The highest BCUT2D eigenvalue weighted by Crippen LogP contribution is 2.28. The molecule has 0 aliphatic heterocycles. The van der Waals surface area contributed by atoms with E-state index < -0.39 is 4.92 Å². The number of nitrogens with one attached hydrogen (secondary N) is 2. The first-order valence-corrected chi connectivity index (χ1v) is 9.38. The maximum Gasteiger partial charge on any atom is 0.271 e. The summed E-state index contributed by atoms with van der Waals surface area (Å²) in [7, 11) is 3.88. The molecule has 4 rings (SSSR count). The van der Waals surface area contributed by atoms with Gasteiger partial charge in [0, 0.05) is 42.4 Å². The predicted molar refractivity (Wildman–Crippen MR) is 114 cm³/mol. The Kier molecular flexibility index (Phi) is 5.11. The molecular weight excluding hydrogens is 384 g/mol. The molecule has 0 unspecified atom stereocenters. The molecule has 0 spiro atoms. The highest BCUT2D eigenvalue weighted by atomic mass is 16.6. The van der Waals surface area contributed by atoms with E-state index in [1.54, 1.807) is 18.3 Å². The Hall–Kier alpha value is -3.85. The number of aromatic nitrogens is 3. The second-order valence-corrected chi connectivity index (χ2v) is 7.20. The standard InChI is InChI=1S/C21H20N6O3/c1-26(2)9-8-23-21(28)16-11-14(10-13-4-3-7-22-19(13)16)20-24-17-6-5-15(27(29)30)12-18(17)25-20/h3-7,10-12H,8-9H2,1-2H3,(H,23,28)(H,24,25). The number of benzene rings is 2. The molecule has 0 fully saturated rings. The Bertz CT molecular complexity index is 1260. The SMILES string of the molecule is CN(C)CCNC(=O)c1cc(-c2nc3ccc([N+](=O)[O-])cc3[nH]2)cc2cccnc12. The van der Waals surface area contributed by atoms with Crippen molar-refractivity contribution in [3.8, 4) is 11.4 Å². The number of non-ortho nitro benzene ring substituents is 1. The number of carbonyl (C=O) groups excluding carboxylic acids is 1. The molecule has 0 aliphatic rings. The second kappa shape index (κ2) is 7.88. The Morgan fingerprint density at radius 2 is 2.07 bits per heavy atom. The molecule has 152 valence electrons. The first-order chi connectivity index (χ1) is 14.4. The van der Waals surface area contributed by atoms with Gasteiger partial charge in [-0.1, -0.05) is 6.07 Å². The molecule has 9 heteroatoms. The van der Waals surface area contributed by atoms with Gasteiger partial charge in [-0.2, -0.15) is 0 Å². The van der Waals surface area contributed by atoms with E-state index in [1.165, 1.54) is 12.1 Å². The van der Waals surface area contributed by atoms with Crippen LogP contribution in [0.3, 0.4) is 0 Å². The Labute approximate surface area is 171 Å². The van der Waals surface area contributed by atoms with Gasteiger partial charge in [0.1, 0.15) is 5.82 Å². The summed E-state index contributed by atoms with van der Waals surface area (Å²) < 4.78 is 0. The number of amides is 1.